The summed E-state index contributed by atoms with van der Waals surface area (Å²) in [5, 5.41) is 12.3. The number of hydrogen-bond acceptors (Lipinski definition) is 5. The maximum absolute atomic E-state index is 12.3. The van der Waals surface area contributed by atoms with Crippen LogP contribution in [0.15, 0.2) is 12.3 Å². The van der Waals surface area contributed by atoms with Gasteiger partial charge in [-0.3, -0.25) is 9.48 Å². The summed E-state index contributed by atoms with van der Waals surface area (Å²) < 4.78 is 8.44. The van der Waals surface area contributed by atoms with Gasteiger partial charge in [-0.1, -0.05) is 5.21 Å². The molecule has 0 bridgehead atoms. The van der Waals surface area contributed by atoms with Gasteiger partial charge in [-0.15, -0.1) is 5.10 Å². The predicted octanol–water partition coefficient (Wildman–Crippen LogP) is 0.164. The minimum Gasteiger partial charge on any atom is -0.378 e. The van der Waals surface area contributed by atoms with Crippen molar-refractivity contribution in [1.29, 1.82) is 0 Å². The van der Waals surface area contributed by atoms with E-state index in [0.29, 0.717) is 25.4 Å². The molecule has 2 aromatic rings. The first-order valence-electron chi connectivity index (χ1n) is 6.78. The fraction of sp³-hybridized carbons (Fsp3) is 0.538. The van der Waals surface area contributed by atoms with E-state index in [1.807, 2.05) is 19.2 Å². The zero-order chi connectivity index (χ0) is 15.0. The third-order valence-electron chi connectivity index (χ3n) is 3.59. The number of aromatic nitrogens is 5. The molecule has 3 heterocycles. The minimum absolute atomic E-state index is 0.00609. The standard InChI is InChI=1S/C13H18N6O2/c1-9-4-12(17(2)15-9)13(20)18-6-11(7-18)19-5-10(8-21-3)14-16-19/h4-5,11H,6-8H2,1-3H3. The van der Waals surface area contributed by atoms with Crippen LogP contribution in [0.1, 0.15) is 27.9 Å². The third-order valence-corrected chi connectivity index (χ3v) is 3.59. The summed E-state index contributed by atoms with van der Waals surface area (Å²) in [4.78, 5) is 14.1. The largest absolute Gasteiger partial charge is 0.378 e. The Balaban J connectivity index is 1.62. The molecule has 0 unspecified atom stereocenters. The molecular weight excluding hydrogens is 272 g/mol. The summed E-state index contributed by atoms with van der Waals surface area (Å²) in [6.45, 7) is 3.60. The van der Waals surface area contributed by atoms with Gasteiger partial charge in [-0.05, 0) is 13.0 Å². The number of carbonyl (C=O) groups excluding carboxylic acids is 1. The molecule has 1 aliphatic rings. The van der Waals surface area contributed by atoms with Gasteiger partial charge in [0, 0.05) is 27.2 Å². The van der Waals surface area contributed by atoms with Crippen molar-refractivity contribution in [3.63, 3.8) is 0 Å². The summed E-state index contributed by atoms with van der Waals surface area (Å²) in [5.74, 6) is 0.00609. The molecule has 8 heteroatoms. The molecule has 112 valence electrons. The second-order valence-electron chi connectivity index (χ2n) is 5.28. The summed E-state index contributed by atoms with van der Waals surface area (Å²) in [6, 6.07) is 1.99. The highest BCUT2D eigenvalue weighted by Gasteiger charge is 2.34. The first-order valence-corrected chi connectivity index (χ1v) is 6.78. The quantitative estimate of drug-likeness (QED) is 0.801. The Bertz CT molecular complexity index is 655. The monoisotopic (exact) mass is 290 g/mol. The summed E-state index contributed by atoms with van der Waals surface area (Å²) in [7, 11) is 3.41. The van der Waals surface area contributed by atoms with Gasteiger partial charge in [-0.25, -0.2) is 4.68 Å². The highest BCUT2D eigenvalue weighted by molar-refractivity contribution is 5.93. The number of hydrogen-bond donors (Lipinski definition) is 0. The van der Waals surface area contributed by atoms with Crippen molar-refractivity contribution in [3.05, 3.63) is 29.3 Å². The van der Waals surface area contributed by atoms with E-state index in [0.717, 1.165) is 11.4 Å². The maximum Gasteiger partial charge on any atom is 0.272 e. The molecule has 0 radical (unpaired) electrons. The minimum atomic E-state index is 0.00609. The number of aryl methyl sites for hydroxylation is 2. The number of amides is 1. The molecular formula is C13H18N6O2. The first-order chi connectivity index (χ1) is 10.1. The van der Waals surface area contributed by atoms with Gasteiger partial charge < -0.3 is 9.64 Å². The molecule has 1 amide bonds. The lowest BCUT2D eigenvalue weighted by Crippen LogP contribution is -2.51. The van der Waals surface area contributed by atoms with Crippen LogP contribution in [0.5, 0.6) is 0 Å². The average molecular weight is 290 g/mol. The van der Waals surface area contributed by atoms with E-state index >= 15 is 0 Å². The Morgan fingerprint density at radius 2 is 2.24 bits per heavy atom. The van der Waals surface area contributed by atoms with Crippen LogP contribution in [0.2, 0.25) is 0 Å². The molecule has 0 N–H and O–H groups in total. The Labute approximate surface area is 122 Å². The molecule has 1 saturated heterocycles. The van der Waals surface area contributed by atoms with Gasteiger partial charge in [-0.2, -0.15) is 5.10 Å². The number of methoxy groups -OCH3 is 1. The molecule has 0 saturated carbocycles. The summed E-state index contributed by atoms with van der Waals surface area (Å²) in [6.07, 6.45) is 1.87. The van der Waals surface area contributed by atoms with E-state index in [1.165, 1.54) is 0 Å². The predicted molar refractivity (Wildman–Crippen MR) is 73.6 cm³/mol. The molecule has 0 aliphatic carbocycles. The van der Waals surface area contributed by atoms with E-state index < -0.39 is 0 Å². The van der Waals surface area contributed by atoms with Crippen LogP contribution in [0.25, 0.3) is 0 Å². The number of rotatable bonds is 4. The Morgan fingerprint density at radius 3 is 2.86 bits per heavy atom. The van der Waals surface area contributed by atoms with Crippen LogP contribution in [-0.4, -0.2) is 55.8 Å². The topological polar surface area (TPSA) is 78.1 Å². The van der Waals surface area contributed by atoms with E-state index in [9.17, 15) is 4.79 Å². The first kappa shape index (κ1) is 13.7. The normalized spacial score (nSPS) is 15.3. The summed E-state index contributed by atoms with van der Waals surface area (Å²) in [5.41, 5.74) is 2.26. The van der Waals surface area contributed by atoms with Crippen LogP contribution < -0.4 is 0 Å². The lowest BCUT2D eigenvalue weighted by molar-refractivity contribution is 0.0487. The molecule has 21 heavy (non-hydrogen) atoms. The Morgan fingerprint density at radius 1 is 1.48 bits per heavy atom. The summed E-state index contributed by atoms with van der Waals surface area (Å²) >= 11 is 0. The molecule has 1 aliphatic heterocycles. The smallest absolute Gasteiger partial charge is 0.272 e. The fourth-order valence-electron chi connectivity index (χ4n) is 2.47. The van der Waals surface area contributed by atoms with Crippen LogP contribution in [0.4, 0.5) is 0 Å². The van der Waals surface area contributed by atoms with Crippen molar-refractivity contribution in [1.82, 2.24) is 29.7 Å². The lowest BCUT2D eigenvalue weighted by Gasteiger charge is -2.38. The van der Waals surface area contributed by atoms with Crippen LogP contribution >= 0.6 is 0 Å². The van der Waals surface area contributed by atoms with Crippen LogP contribution in [0, 0.1) is 6.92 Å². The van der Waals surface area contributed by atoms with E-state index in [4.69, 9.17) is 4.74 Å². The zero-order valence-corrected chi connectivity index (χ0v) is 12.4. The number of carbonyl (C=O) groups is 1. The number of likely N-dealkylation sites (tertiary alicyclic amines) is 1. The average Bonchev–Trinajstić information content (AvgIpc) is 2.95. The molecule has 0 spiro atoms. The number of ether oxygens (including phenoxy) is 1. The molecule has 3 rings (SSSR count). The van der Waals surface area contributed by atoms with Crippen molar-refractivity contribution in [2.45, 2.75) is 19.6 Å². The lowest BCUT2D eigenvalue weighted by atomic mass is 10.1. The van der Waals surface area contributed by atoms with E-state index in [1.54, 1.807) is 28.4 Å². The molecule has 1 fully saturated rings. The van der Waals surface area contributed by atoms with Crippen molar-refractivity contribution >= 4 is 5.91 Å². The molecule has 2 aromatic heterocycles. The zero-order valence-electron chi connectivity index (χ0n) is 12.4. The fourth-order valence-corrected chi connectivity index (χ4v) is 2.47. The van der Waals surface area contributed by atoms with Gasteiger partial charge in [0.05, 0.1) is 24.5 Å². The van der Waals surface area contributed by atoms with Gasteiger partial charge in [0.2, 0.25) is 0 Å². The van der Waals surface area contributed by atoms with Crippen molar-refractivity contribution < 1.29 is 9.53 Å². The molecule has 0 aromatic carbocycles. The third kappa shape index (κ3) is 2.54. The SMILES string of the molecule is COCc1cn(C2CN(C(=O)c3cc(C)nn3C)C2)nn1. The Hall–Kier alpha value is -2.22. The van der Waals surface area contributed by atoms with Gasteiger partial charge in [0.15, 0.2) is 0 Å². The van der Waals surface area contributed by atoms with E-state index in [-0.39, 0.29) is 11.9 Å². The van der Waals surface area contributed by atoms with Crippen LogP contribution in [-0.2, 0) is 18.4 Å². The van der Waals surface area contributed by atoms with E-state index in [2.05, 4.69) is 15.4 Å². The van der Waals surface area contributed by atoms with Crippen LogP contribution in [0.3, 0.4) is 0 Å². The Kier molecular flexibility index (Phi) is 3.46. The maximum atomic E-state index is 12.3. The second kappa shape index (κ2) is 5.28. The number of nitrogens with zero attached hydrogens (tertiary/aromatic N) is 6. The van der Waals surface area contributed by atoms with Crippen molar-refractivity contribution in [2.75, 3.05) is 20.2 Å². The van der Waals surface area contributed by atoms with Gasteiger partial charge in [0.25, 0.3) is 5.91 Å². The second-order valence-corrected chi connectivity index (χ2v) is 5.28. The van der Waals surface area contributed by atoms with Crippen molar-refractivity contribution in [2.24, 2.45) is 7.05 Å². The molecule has 0 atom stereocenters. The highest BCUT2D eigenvalue weighted by Crippen LogP contribution is 2.22. The van der Waals surface area contributed by atoms with Gasteiger partial charge >= 0.3 is 0 Å². The highest BCUT2D eigenvalue weighted by atomic mass is 16.5. The van der Waals surface area contributed by atoms with Crippen molar-refractivity contribution in [3.8, 4) is 0 Å². The molecule has 8 nitrogen and oxygen atoms in total. The van der Waals surface area contributed by atoms with Gasteiger partial charge in [0.1, 0.15) is 11.4 Å².